The summed E-state index contributed by atoms with van der Waals surface area (Å²) in [6.07, 6.45) is 0. The van der Waals surface area contributed by atoms with Gasteiger partial charge in [-0.25, -0.2) is 13.6 Å². The number of ether oxygens (including phenoxy) is 1. The molecule has 0 aromatic heterocycles. The number of cyclic esters (lactones) is 1. The molecule has 1 heterocycles. The molecule has 1 aliphatic rings. The van der Waals surface area contributed by atoms with Crippen LogP contribution in [0, 0.1) is 21.7 Å². The molecule has 0 saturated carbocycles. The number of rotatable bonds is 2. The van der Waals surface area contributed by atoms with E-state index in [2.05, 4.69) is 4.74 Å². The Labute approximate surface area is 131 Å². The van der Waals surface area contributed by atoms with E-state index in [0.717, 1.165) is 12.1 Å². The number of hydrogen-bond donors (Lipinski definition) is 0. The van der Waals surface area contributed by atoms with E-state index >= 15 is 4.39 Å². The molecule has 0 amide bonds. The lowest BCUT2D eigenvalue weighted by Crippen LogP contribution is -2.23. The van der Waals surface area contributed by atoms with Gasteiger partial charge >= 0.3 is 11.8 Å². The first kappa shape index (κ1) is 15.3. The van der Waals surface area contributed by atoms with E-state index in [1.165, 1.54) is 0 Å². The predicted octanol–water partition coefficient (Wildman–Crippen LogP) is 3.87. The van der Waals surface area contributed by atoms with Crippen LogP contribution in [0.3, 0.4) is 0 Å². The Hall–Kier alpha value is -2.61. The van der Waals surface area contributed by atoms with Gasteiger partial charge in [0.25, 0.3) is 5.69 Å². The second-order valence-electron chi connectivity index (χ2n) is 4.69. The summed E-state index contributed by atoms with van der Waals surface area (Å²) in [5.74, 6) is -6.97. The third-order valence-electron chi connectivity index (χ3n) is 3.38. The van der Waals surface area contributed by atoms with Gasteiger partial charge in [0.15, 0.2) is 0 Å². The Bertz CT molecular complexity index is 873. The summed E-state index contributed by atoms with van der Waals surface area (Å²) >= 11 is 5.62. The Morgan fingerprint density at radius 2 is 1.83 bits per heavy atom. The first-order valence-electron chi connectivity index (χ1n) is 6.11. The van der Waals surface area contributed by atoms with E-state index in [9.17, 15) is 23.7 Å². The highest BCUT2D eigenvalue weighted by Gasteiger charge is 2.52. The smallest absolute Gasteiger partial charge is 0.345 e. The molecule has 3 rings (SSSR count). The zero-order valence-corrected chi connectivity index (χ0v) is 11.7. The average molecular weight is 344 g/mol. The molecule has 0 fully saturated rings. The van der Waals surface area contributed by atoms with Gasteiger partial charge in [0, 0.05) is 11.6 Å². The molecule has 0 bridgehead atoms. The summed E-state index contributed by atoms with van der Waals surface area (Å²) in [4.78, 5) is 21.7. The fraction of sp³-hybridized carbons (Fsp3) is 0.0714. The minimum Gasteiger partial charge on any atom is -0.416 e. The molecule has 0 saturated heterocycles. The molecular formula is C14H5ClF3NO4. The van der Waals surface area contributed by atoms with Crippen molar-refractivity contribution in [2.75, 3.05) is 0 Å². The van der Waals surface area contributed by atoms with Crippen LogP contribution in [0.1, 0.15) is 21.5 Å². The van der Waals surface area contributed by atoms with Crippen molar-refractivity contribution in [3.05, 3.63) is 73.8 Å². The Morgan fingerprint density at radius 3 is 2.48 bits per heavy atom. The zero-order chi connectivity index (χ0) is 16.9. The van der Waals surface area contributed by atoms with Crippen molar-refractivity contribution < 1.29 is 27.6 Å². The van der Waals surface area contributed by atoms with Crippen molar-refractivity contribution in [3.63, 3.8) is 0 Å². The third kappa shape index (κ3) is 2.14. The topological polar surface area (TPSA) is 69.4 Å². The highest BCUT2D eigenvalue weighted by atomic mass is 35.5. The maximum atomic E-state index is 15.2. The largest absolute Gasteiger partial charge is 0.416 e. The first-order chi connectivity index (χ1) is 10.8. The fourth-order valence-electron chi connectivity index (χ4n) is 2.35. The number of hydrogen-bond acceptors (Lipinski definition) is 4. The van der Waals surface area contributed by atoms with Crippen molar-refractivity contribution in [1.82, 2.24) is 0 Å². The lowest BCUT2D eigenvalue weighted by atomic mass is 9.95. The predicted molar refractivity (Wildman–Crippen MR) is 71.8 cm³/mol. The number of nitro benzene ring substituents is 1. The normalized spacial score (nSPS) is 19.4. The number of carbonyl (C=O) groups is 1. The summed E-state index contributed by atoms with van der Waals surface area (Å²) in [6.45, 7) is 0. The van der Waals surface area contributed by atoms with Crippen molar-refractivity contribution in [2.45, 2.75) is 5.85 Å². The van der Waals surface area contributed by atoms with Crippen LogP contribution in [-0.2, 0) is 10.6 Å². The van der Waals surface area contributed by atoms with E-state index < -0.39 is 50.8 Å². The molecule has 0 radical (unpaired) electrons. The van der Waals surface area contributed by atoms with Crippen LogP contribution < -0.4 is 0 Å². The summed E-state index contributed by atoms with van der Waals surface area (Å²) in [6, 6.07) is 3.98. The van der Waals surface area contributed by atoms with Crippen molar-refractivity contribution in [1.29, 1.82) is 0 Å². The monoisotopic (exact) mass is 343 g/mol. The van der Waals surface area contributed by atoms with Crippen LogP contribution in [-0.4, -0.2) is 10.9 Å². The van der Waals surface area contributed by atoms with Crippen LogP contribution in [0.15, 0.2) is 30.3 Å². The van der Waals surface area contributed by atoms with E-state index in [1.807, 2.05) is 0 Å². The van der Waals surface area contributed by atoms with Crippen LogP contribution in [0.4, 0.5) is 18.9 Å². The van der Waals surface area contributed by atoms with Gasteiger partial charge in [-0.3, -0.25) is 10.1 Å². The zero-order valence-electron chi connectivity index (χ0n) is 11.0. The van der Waals surface area contributed by atoms with Gasteiger partial charge < -0.3 is 4.74 Å². The van der Waals surface area contributed by atoms with Crippen LogP contribution >= 0.6 is 11.6 Å². The lowest BCUT2D eigenvalue weighted by molar-refractivity contribution is -0.384. The molecule has 5 nitrogen and oxygen atoms in total. The number of esters is 1. The molecule has 2 aromatic rings. The number of benzene rings is 2. The molecule has 118 valence electrons. The summed E-state index contributed by atoms with van der Waals surface area (Å²) < 4.78 is 47.3. The average Bonchev–Trinajstić information content (AvgIpc) is 2.76. The number of nitro groups is 1. The number of fused-ring (bicyclic) bond motifs is 1. The van der Waals surface area contributed by atoms with Gasteiger partial charge in [0.2, 0.25) is 0 Å². The van der Waals surface area contributed by atoms with Gasteiger partial charge in [-0.15, -0.1) is 0 Å². The van der Waals surface area contributed by atoms with Crippen LogP contribution in [0.5, 0.6) is 0 Å². The van der Waals surface area contributed by atoms with E-state index in [0.29, 0.717) is 18.2 Å². The summed E-state index contributed by atoms with van der Waals surface area (Å²) in [5, 5.41) is 10.6. The van der Waals surface area contributed by atoms with Crippen LogP contribution in [0.25, 0.3) is 0 Å². The Kier molecular flexibility index (Phi) is 3.29. The second-order valence-corrected chi connectivity index (χ2v) is 5.09. The van der Waals surface area contributed by atoms with Crippen molar-refractivity contribution >= 4 is 23.3 Å². The molecule has 0 spiro atoms. The fourth-order valence-corrected chi connectivity index (χ4v) is 2.54. The molecule has 23 heavy (non-hydrogen) atoms. The minimum absolute atomic E-state index is 0.286. The highest BCUT2D eigenvalue weighted by Crippen LogP contribution is 2.46. The van der Waals surface area contributed by atoms with E-state index in [-0.39, 0.29) is 5.02 Å². The SMILES string of the molecule is O=C1OC(F)(c2ccc(Cl)c([N+](=O)[O-])c2)c2c(F)ccc(F)c21. The summed E-state index contributed by atoms with van der Waals surface area (Å²) in [7, 11) is 0. The Balaban J connectivity index is 2.27. The van der Waals surface area contributed by atoms with Gasteiger partial charge in [-0.1, -0.05) is 11.6 Å². The van der Waals surface area contributed by atoms with Gasteiger partial charge in [-0.2, -0.15) is 4.39 Å². The number of nitrogens with zero attached hydrogens (tertiary/aromatic N) is 1. The summed E-state index contributed by atoms with van der Waals surface area (Å²) in [5.41, 5.74) is -3.06. The number of halogens is 4. The first-order valence-corrected chi connectivity index (χ1v) is 6.48. The lowest BCUT2D eigenvalue weighted by Gasteiger charge is -2.20. The van der Waals surface area contributed by atoms with Crippen LogP contribution in [0.2, 0.25) is 5.02 Å². The van der Waals surface area contributed by atoms with E-state index in [4.69, 9.17) is 11.6 Å². The Morgan fingerprint density at radius 1 is 1.17 bits per heavy atom. The van der Waals surface area contributed by atoms with Gasteiger partial charge in [0.05, 0.1) is 10.5 Å². The maximum absolute atomic E-state index is 15.2. The molecule has 1 aliphatic heterocycles. The second kappa shape index (κ2) is 4.95. The van der Waals surface area contributed by atoms with Crippen molar-refractivity contribution in [3.8, 4) is 0 Å². The molecular weight excluding hydrogens is 339 g/mol. The molecule has 9 heteroatoms. The molecule has 1 atom stereocenters. The van der Waals surface area contributed by atoms with E-state index in [1.54, 1.807) is 0 Å². The molecule has 0 aliphatic carbocycles. The molecule has 1 unspecified atom stereocenters. The highest BCUT2D eigenvalue weighted by molar-refractivity contribution is 6.32. The van der Waals surface area contributed by atoms with Crippen molar-refractivity contribution in [2.24, 2.45) is 0 Å². The number of alkyl halides is 1. The number of carbonyl (C=O) groups excluding carboxylic acids is 1. The quantitative estimate of drug-likeness (QED) is 0.471. The molecule has 0 N–H and O–H groups in total. The standard InChI is InChI=1S/C14H5ClF3NO4/c15-7-2-1-6(5-10(7)19(21)22)14(18)12-9(17)4-3-8(16)11(12)13(20)23-14/h1-5H. The molecule has 2 aromatic carbocycles. The van der Waals surface area contributed by atoms with Gasteiger partial charge in [0.1, 0.15) is 22.2 Å². The maximum Gasteiger partial charge on any atom is 0.345 e. The van der Waals surface area contributed by atoms with Gasteiger partial charge in [-0.05, 0) is 24.3 Å². The minimum atomic E-state index is -3.19. The third-order valence-corrected chi connectivity index (χ3v) is 3.70.